The van der Waals surface area contributed by atoms with Gasteiger partial charge < -0.3 is 10.2 Å². The lowest BCUT2D eigenvalue weighted by Gasteiger charge is -2.23. The number of fused-ring (bicyclic) bond motifs is 1. The van der Waals surface area contributed by atoms with Gasteiger partial charge in [-0.1, -0.05) is 18.2 Å². The van der Waals surface area contributed by atoms with E-state index >= 15 is 0 Å². The Morgan fingerprint density at radius 1 is 1.19 bits per heavy atom. The molecule has 9 heteroatoms. The highest BCUT2D eigenvalue weighted by Gasteiger charge is 2.35. The molecule has 1 N–H and O–H groups in total. The van der Waals surface area contributed by atoms with Crippen molar-refractivity contribution in [3.63, 3.8) is 0 Å². The third-order valence-corrected chi connectivity index (χ3v) is 6.15. The van der Waals surface area contributed by atoms with Crippen molar-refractivity contribution in [1.29, 1.82) is 5.26 Å². The van der Waals surface area contributed by atoms with Crippen molar-refractivity contribution in [1.82, 2.24) is 14.7 Å². The van der Waals surface area contributed by atoms with E-state index in [0.29, 0.717) is 39.3 Å². The summed E-state index contributed by atoms with van der Waals surface area (Å²) in [5.41, 5.74) is 1.36. The summed E-state index contributed by atoms with van der Waals surface area (Å²) < 4.78 is 1.23. The molecule has 0 saturated carbocycles. The Morgan fingerprint density at radius 3 is 2.61 bits per heavy atom. The molecule has 0 bridgehead atoms. The molecule has 4 rings (SSSR count). The predicted octanol–water partition coefficient (Wildman–Crippen LogP) is 1.89. The molecule has 1 atom stereocenters. The molecule has 0 radical (unpaired) electrons. The second kappa shape index (κ2) is 8.62. The van der Waals surface area contributed by atoms with Gasteiger partial charge in [-0.15, -0.1) is 11.8 Å². The van der Waals surface area contributed by atoms with Crippen molar-refractivity contribution in [2.75, 3.05) is 16.9 Å². The maximum atomic E-state index is 13.1. The molecule has 0 spiro atoms. The first kappa shape index (κ1) is 20.6. The van der Waals surface area contributed by atoms with Crippen LogP contribution < -0.4 is 10.9 Å². The summed E-state index contributed by atoms with van der Waals surface area (Å²) in [4.78, 5) is 39.7. The minimum absolute atomic E-state index is 0.00413. The maximum absolute atomic E-state index is 13.1. The number of hydrogen-bond acceptors (Lipinski definition) is 6. The van der Waals surface area contributed by atoms with Gasteiger partial charge in [0.1, 0.15) is 6.04 Å². The molecular formula is C22H19N5O3S. The van der Waals surface area contributed by atoms with Crippen molar-refractivity contribution in [2.24, 2.45) is 7.05 Å². The van der Waals surface area contributed by atoms with Gasteiger partial charge in [-0.3, -0.25) is 14.4 Å². The Bertz CT molecular complexity index is 1260. The van der Waals surface area contributed by atoms with E-state index in [0.717, 1.165) is 0 Å². The number of anilines is 1. The zero-order chi connectivity index (χ0) is 22.0. The van der Waals surface area contributed by atoms with Crippen LogP contribution in [-0.4, -0.2) is 44.2 Å². The SMILES string of the molecule is Cn1nc(CC(=O)N2CSCC2C(=O)Nc2ccc(C#N)cc2)c2ccccc2c1=O. The van der Waals surface area contributed by atoms with E-state index < -0.39 is 6.04 Å². The van der Waals surface area contributed by atoms with Crippen molar-refractivity contribution < 1.29 is 9.59 Å². The largest absolute Gasteiger partial charge is 0.324 e. The molecule has 1 saturated heterocycles. The molecule has 31 heavy (non-hydrogen) atoms. The first-order valence-electron chi connectivity index (χ1n) is 9.61. The molecule has 2 aromatic carbocycles. The van der Waals surface area contributed by atoms with Crippen LogP contribution in [0.25, 0.3) is 10.8 Å². The fraction of sp³-hybridized carbons (Fsp3) is 0.227. The standard InChI is InChI=1S/C22H19N5O3S/c1-26-22(30)17-5-3-2-4-16(17)18(25-26)10-20(28)27-13-31-12-19(27)21(29)24-15-8-6-14(11-23)7-9-15/h2-9,19H,10,12-13H2,1H3,(H,24,29). The number of nitriles is 1. The van der Waals surface area contributed by atoms with Crippen LogP contribution in [0.3, 0.4) is 0 Å². The van der Waals surface area contributed by atoms with E-state index in [2.05, 4.69) is 10.4 Å². The zero-order valence-electron chi connectivity index (χ0n) is 16.7. The van der Waals surface area contributed by atoms with Crippen molar-refractivity contribution in [3.05, 3.63) is 70.1 Å². The van der Waals surface area contributed by atoms with E-state index in [1.54, 1.807) is 60.5 Å². The number of nitrogens with zero attached hydrogens (tertiary/aromatic N) is 4. The molecule has 2 heterocycles. The van der Waals surface area contributed by atoms with Crippen LogP contribution >= 0.6 is 11.8 Å². The normalized spacial score (nSPS) is 15.6. The highest BCUT2D eigenvalue weighted by Crippen LogP contribution is 2.24. The average molecular weight is 433 g/mol. The smallest absolute Gasteiger partial charge is 0.274 e. The molecule has 1 aromatic heterocycles. The molecule has 2 amide bonds. The van der Waals surface area contributed by atoms with Gasteiger partial charge in [0.05, 0.1) is 35.0 Å². The lowest BCUT2D eigenvalue weighted by atomic mass is 10.1. The van der Waals surface area contributed by atoms with Crippen LogP contribution in [0.15, 0.2) is 53.3 Å². The number of amides is 2. The number of hydrogen-bond donors (Lipinski definition) is 1. The number of aromatic nitrogens is 2. The molecule has 1 aliphatic heterocycles. The van der Waals surface area contributed by atoms with Crippen molar-refractivity contribution in [3.8, 4) is 6.07 Å². The number of rotatable bonds is 4. The van der Waals surface area contributed by atoms with Crippen molar-refractivity contribution >= 4 is 40.0 Å². The van der Waals surface area contributed by atoms with Crippen molar-refractivity contribution in [2.45, 2.75) is 12.5 Å². The number of thioether (sulfide) groups is 1. The number of aryl methyl sites for hydroxylation is 1. The molecule has 0 aliphatic carbocycles. The van der Waals surface area contributed by atoms with Gasteiger partial charge in [0.15, 0.2) is 0 Å². The van der Waals surface area contributed by atoms with Gasteiger partial charge in [-0.25, -0.2) is 4.68 Å². The average Bonchev–Trinajstić information content (AvgIpc) is 3.28. The fourth-order valence-corrected chi connectivity index (χ4v) is 4.69. The summed E-state index contributed by atoms with van der Waals surface area (Å²) >= 11 is 1.51. The summed E-state index contributed by atoms with van der Waals surface area (Å²) in [6.45, 7) is 0. The van der Waals surface area contributed by atoms with E-state index in [4.69, 9.17) is 5.26 Å². The summed E-state index contributed by atoms with van der Waals surface area (Å²) in [6.07, 6.45) is -0.00413. The van der Waals surface area contributed by atoms with Crippen LogP contribution in [0.1, 0.15) is 11.3 Å². The monoisotopic (exact) mass is 433 g/mol. The third-order valence-electron chi connectivity index (χ3n) is 5.14. The summed E-state index contributed by atoms with van der Waals surface area (Å²) in [5.74, 6) is 0.408. The number of carbonyl (C=O) groups is 2. The summed E-state index contributed by atoms with van der Waals surface area (Å²) in [6, 6.07) is 15.1. The molecule has 3 aromatic rings. The van der Waals surface area contributed by atoms with E-state index in [9.17, 15) is 14.4 Å². The number of benzene rings is 2. The first-order chi connectivity index (χ1) is 15.0. The van der Waals surface area contributed by atoms with Gasteiger partial charge in [-0.2, -0.15) is 10.4 Å². The van der Waals surface area contributed by atoms with Crippen LogP contribution in [0, 0.1) is 11.3 Å². The Morgan fingerprint density at radius 2 is 1.90 bits per heavy atom. The lowest BCUT2D eigenvalue weighted by molar-refractivity contribution is -0.135. The minimum atomic E-state index is -0.605. The van der Waals surface area contributed by atoms with Gasteiger partial charge in [0, 0.05) is 23.9 Å². The second-order valence-corrected chi connectivity index (χ2v) is 8.16. The van der Waals surface area contributed by atoms with Gasteiger partial charge in [0.2, 0.25) is 11.8 Å². The van der Waals surface area contributed by atoms with Crippen LogP contribution in [0.4, 0.5) is 5.69 Å². The number of nitrogens with one attached hydrogen (secondary N) is 1. The second-order valence-electron chi connectivity index (χ2n) is 7.16. The molecule has 156 valence electrons. The molecule has 8 nitrogen and oxygen atoms in total. The Labute approximate surface area is 182 Å². The van der Waals surface area contributed by atoms with E-state index in [1.165, 1.54) is 16.4 Å². The van der Waals surface area contributed by atoms with Crippen LogP contribution in [-0.2, 0) is 23.1 Å². The summed E-state index contributed by atoms with van der Waals surface area (Å²) in [7, 11) is 1.56. The van der Waals surface area contributed by atoms with Gasteiger partial charge >= 0.3 is 0 Å². The summed E-state index contributed by atoms with van der Waals surface area (Å²) in [5, 5.41) is 17.1. The maximum Gasteiger partial charge on any atom is 0.274 e. The van der Waals surface area contributed by atoms with E-state index in [1.807, 2.05) is 6.07 Å². The molecule has 1 aliphatic rings. The highest BCUT2D eigenvalue weighted by atomic mass is 32.2. The van der Waals surface area contributed by atoms with Gasteiger partial charge in [0.25, 0.3) is 5.56 Å². The highest BCUT2D eigenvalue weighted by molar-refractivity contribution is 7.99. The Balaban J connectivity index is 1.52. The Hall–Kier alpha value is -3.64. The molecule has 1 fully saturated rings. The zero-order valence-corrected chi connectivity index (χ0v) is 17.6. The fourth-order valence-electron chi connectivity index (χ4n) is 3.51. The van der Waals surface area contributed by atoms with Gasteiger partial charge in [-0.05, 0) is 30.3 Å². The first-order valence-corrected chi connectivity index (χ1v) is 10.8. The topological polar surface area (TPSA) is 108 Å². The molecule has 1 unspecified atom stereocenters. The van der Waals surface area contributed by atoms with Crippen LogP contribution in [0.2, 0.25) is 0 Å². The minimum Gasteiger partial charge on any atom is -0.324 e. The molecular weight excluding hydrogens is 414 g/mol. The quantitative estimate of drug-likeness (QED) is 0.673. The van der Waals surface area contributed by atoms with E-state index in [-0.39, 0.29) is 23.8 Å². The predicted molar refractivity (Wildman–Crippen MR) is 118 cm³/mol. The van der Waals surface area contributed by atoms with Crippen LogP contribution in [0.5, 0.6) is 0 Å². The number of carbonyl (C=O) groups excluding carboxylic acids is 2. The lowest BCUT2D eigenvalue weighted by Crippen LogP contribution is -2.45. The third kappa shape index (κ3) is 4.15. The Kier molecular flexibility index (Phi) is 5.73.